The molecular weight excluding hydrogens is 353 g/mol. The molecule has 2 N–H and O–H groups in total. The summed E-state index contributed by atoms with van der Waals surface area (Å²) in [6.07, 6.45) is 1.45. The molecule has 0 aliphatic rings. The number of rotatable bonds is 8. The van der Waals surface area contributed by atoms with E-state index in [0.29, 0.717) is 34.6 Å². The Balaban J connectivity index is 1.87. The second-order valence-corrected chi connectivity index (χ2v) is 5.63. The molecule has 0 saturated carbocycles. The molecule has 0 saturated heterocycles. The second-order valence-electron chi connectivity index (χ2n) is 4.78. The van der Waals surface area contributed by atoms with E-state index in [1.165, 1.54) is 6.20 Å². The number of hydrogen-bond acceptors (Lipinski definition) is 5. The van der Waals surface area contributed by atoms with Crippen LogP contribution in [0.1, 0.15) is 0 Å². The smallest absolute Gasteiger partial charge is 0.238 e. The van der Waals surface area contributed by atoms with Crippen LogP contribution in [0.25, 0.3) is 0 Å². The number of nitrogens with one attached hydrogen (secondary N) is 2. The molecule has 1 amide bonds. The predicted octanol–water partition coefficient (Wildman–Crippen LogP) is 3.36. The first kappa shape index (κ1) is 18.5. The Morgan fingerprint density at radius 1 is 1.25 bits per heavy atom. The van der Waals surface area contributed by atoms with Gasteiger partial charge in [0.1, 0.15) is 10.8 Å². The van der Waals surface area contributed by atoms with E-state index in [2.05, 4.69) is 15.6 Å². The van der Waals surface area contributed by atoms with E-state index in [9.17, 15) is 4.79 Å². The molecule has 0 aliphatic carbocycles. The van der Waals surface area contributed by atoms with Crippen LogP contribution in [0.4, 0.5) is 5.69 Å². The summed E-state index contributed by atoms with van der Waals surface area (Å²) in [7, 11) is 1.61. The zero-order valence-corrected chi connectivity index (χ0v) is 14.5. The minimum Gasteiger partial charge on any atom is -0.438 e. The number of nitrogens with zero attached hydrogens (tertiary/aromatic N) is 1. The van der Waals surface area contributed by atoms with Gasteiger partial charge in [-0.1, -0.05) is 23.2 Å². The molecule has 8 heteroatoms. The van der Waals surface area contributed by atoms with E-state index in [-0.39, 0.29) is 18.3 Å². The Bertz CT molecular complexity index is 681. The molecule has 0 aliphatic heterocycles. The number of pyridine rings is 1. The Morgan fingerprint density at radius 2 is 2.00 bits per heavy atom. The van der Waals surface area contributed by atoms with Gasteiger partial charge in [-0.2, -0.15) is 0 Å². The monoisotopic (exact) mass is 369 g/mol. The van der Waals surface area contributed by atoms with Gasteiger partial charge in [-0.15, -0.1) is 0 Å². The van der Waals surface area contributed by atoms with Crippen LogP contribution in [0, 0.1) is 0 Å². The maximum Gasteiger partial charge on any atom is 0.238 e. The summed E-state index contributed by atoms with van der Waals surface area (Å²) >= 11 is 11.8. The molecule has 24 heavy (non-hydrogen) atoms. The number of carbonyl (C=O) groups excluding carboxylic acids is 1. The molecule has 0 spiro atoms. The van der Waals surface area contributed by atoms with Gasteiger partial charge in [0.15, 0.2) is 0 Å². The van der Waals surface area contributed by atoms with Gasteiger partial charge < -0.3 is 20.1 Å². The number of halogens is 2. The first-order valence-electron chi connectivity index (χ1n) is 7.17. The molecule has 128 valence electrons. The molecule has 2 rings (SSSR count). The number of carbonyl (C=O) groups is 1. The molecule has 6 nitrogen and oxygen atoms in total. The predicted molar refractivity (Wildman–Crippen MR) is 94.1 cm³/mol. The van der Waals surface area contributed by atoms with Crippen molar-refractivity contribution in [2.45, 2.75) is 0 Å². The number of aromatic nitrogens is 1. The fraction of sp³-hybridized carbons (Fsp3) is 0.250. The number of anilines is 1. The van der Waals surface area contributed by atoms with E-state index in [0.717, 1.165) is 0 Å². The zero-order valence-electron chi connectivity index (χ0n) is 13.0. The third kappa shape index (κ3) is 5.98. The highest BCUT2D eigenvalue weighted by Gasteiger charge is 2.06. The minimum absolute atomic E-state index is 0.137. The topological polar surface area (TPSA) is 72.5 Å². The Morgan fingerprint density at radius 3 is 2.67 bits per heavy atom. The van der Waals surface area contributed by atoms with Crippen LogP contribution in [0.5, 0.6) is 11.6 Å². The van der Waals surface area contributed by atoms with Gasteiger partial charge in [-0.3, -0.25) is 4.79 Å². The van der Waals surface area contributed by atoms with Gasteiger partial charge in [-0.25, -0.2) is 4.98 Å². The summed E-state index contributed by atoms with van der Waals surface area (Å²) in [5.74, 6) is 0.672. The summed E-state index contributed by atoms with van der Waals surface area (Å²) in [4.78, 5) is 15.8. The molecule has 1 aromatic carbocycles. The summed E-state index contributed by atoms with van der Waals surface area (Å²) < 4.78 is 10.5. The number of amides is 1. The molecule has 2 aromatic rings. The minimum atomic E-state index is -0.137. The van der Waals surface area contributed by atoms with Gasteiger partial charge in [0.2, 0.25) is 11.8 Å². The van der Waals surface area contributed by atoms with Gasteiger partial charge in [0.05, 0.1) is 18.2 Å². The Kier molecular flexibility index (Phi) is 7.27. The number of methoxy groups -OCH3 is 1. The molecule has 0 unspecified atom stereocenters. The van der Waals surface area contributed by atoms with Crippen molar-refractivity contribution in [1.29, 1.82) is 0 Å². The van der Waals surface area contributed by atoms with Crippen molar-refractivity contribution in [3.63, 3.8) is 0 Å². The van der Waals surface area contributed by atoms with Gasteiger partial charge >= 0.3 is 0 Å². The summed E-state index contributed by atoms with van der Waals surface area (Å²) in [6, 6.07) is 8.43. The largest absolute Gasteiger partial charge is 0.438 e. The third-order valence-corrected chi connectivity index (χ3v) is 3.37. The maximum atomic E-state index is 11.7. The molecular formula is C16H17Cl2N3O3. The van der Waals surface area contributed by atoms with Crippen LogP contribution in [-0.4, -0.2) is 37.7 Å². The highest BCUT2D eigenvalue weighted by Crippen LogP contribution is 2.29. The number of hydrogen-bond donors (Lipinski definition) is 2. The SMILES string of the molecule is COCCNCC(=O)Nc1ccc(Oc2ncc(Cl)cc2Cl)cc1. The summed E-state index contributed by atoms with van der Waals surface area (Å²) in [5.41, 5.74) is 0.663. The lowest BCUT2D eigenvalue weighted by atomic mass is 10.3. The van der Waals surface area contributed by atoms with Crippen LogP contribution >= 0.6 is 23.2 Å². The second kappa shape index (κ2) is 9.44. The lowest BCUT2D eigenvalue weighted by Gasteiger charge is -2.09. The van der Waals surface area contributed by atoms with Crippen molar-refractivity contribution in [3.05, 3.63) is 46.6 Å². The Labute approximate surface area is 150 Å². The van der Waals surface area contributed by atoms with Crippen LogP contribution in [0.15, 0.2) is 36.5 Å². The first-order chi connectivity index (χ1) is 11.6. The summed E-state index contributed by atoms with van der Waals surface area (Å²) in [6.45, 7) is 1.39. The van der Waals surface area contributed by atoms with E-state index in [1.54, 1.807) is 37.4 Å². The van der Waals surface area contributed by atoms with Crippen molar-refractivity contribution in [1.82, 2.24) is 10.3 Å². The van der Waals surface area contributed by atoms with E-state index >= 15 is 0 Å². The molecule has 1 aromatic heterocycles. The van der Waals surface area contributed by atoms with Crippen LogP contribution < -0.4 is 15.4 Å². The molecule has 0 bridgehead atoms. The van der Waals surface area contributed by atoms with Gasteiger partial charge in [0.25, 0.3) is 0 Å². The zero-order chi connectivity index (χ0) is 17.4. The number of ether oxygens (including phenoxy) is 2. The van der Waals surface area contributed by atoms with E-state index in [4.69, 9.17) is 32.7 Å². The Hall–Kier alpha value is -1.86. The van der Waals surface area contributed by atoms with Gasteiger partial charge in [0, 0.05) is 25.5 Å². The fourth-order valence-corrected chi connectivity index (χ4v) is 2.20. The van der Waals surface area contributed by atoms with E-state index < -0.39 is 0 Å². The fourth-order valence-electron chi connectivity index (χ4n) is 1.78. The molecule has 0 atom stereocenters. The lowest BCUT2D eigenvalue weighted by molar-refractivity contribution is -0.115. The lowest BCUT2D eigenvalue weighted by Crippen LogP contribution is -2.30. The summed E-state index contributed by atoms with van der Waals surface area (Å²) in [5, 5.41) is 6.49. The van der Waals surface area contributed by atoms with Crippen LogP contribution in [-0.2, 0) is 9.53 Å². The van der Waals surface area contributed by atoms with Crippen molar-refractivity contribution >= 4 is 34.8 Å². The first-order valence-corrected chi connectivity index (χ1v) is 7.92. The van der Waals surface area contributed by atoms with Crippen LogP contribution in [0.2, 0.25) is 10.0 Å². The third-order valence-electron chi connectivity index (χ3n) is 2.90. The quantitative estimate of drug-likeness (QED) is 0.698. The van der Waals surface area contributed by atoms with Crippen molar-refractivity contribution in [2.75, 3.05) is 32.1 Å². The molecule has 0 fully saturated rings. The average molecular weight is 370 g/mol. The highest BCUT2D eigenvalue weighted by molar-refractivity contribution is 6.35. The normalized spacial score (nSPS) is 10.5. The number of benzene rings is 1. The standard InChI is InChI=1S/C16H17Cl2N3O3/c1-23-7-6-19-10-15(22)21-12-2-4-13(5-3-12)24-16-14(18)8-11(17)9-20-16/h2-5,8-9,19H,6-7,10H2,1H3,(H,21,22). The maximum absolute atomic E-state index is 11.7. The average Bonchev–Trinajstić information content (AvgIpc) is 2.56. The molecule has 0 radical (unpaired) electrons. The molecule has 1 heterocycles. The highest BCUT2D eigenvalue weighted by atomic mass is 35.5. The van der Waals surface area contributed by atoms with Crippen LogP contribution in [0.3, 0.4) is 0 Å². The van der Waals surface area contributed by atoms with Crippen molar-refractivity contribution in [2.24, 2.45) is 0 Å². The van der Waals surface area contributed by atoms with Gasteiger partial charge in [-0.05, 0) is 30.3 Å². The van der Waals surface area contributed by atoms with Crippen molar-refractivity contribution < 1.29 is 14.3 Å². The van der Waals surface area contributed by atoms with E-state index in [1.807, 2.05) is 0 Å². The van der Waals surface area contributed by atoms with Crippen molar-refractivity contribution in [3.8, 4) is 11.6 Å².